The van der Waals surface area contributed by atoms with Gasteiger partial charge in [0.05, 0.1) is 0 Å². The third kappa shape index (κ3) is 2.34. The molecule has 0 bridgehead atoms. The van der Waals surface area contributed by atoms with Gasteiger partial charge in [-0.2, -0.15) is 10.0 Å². The Bertz CT molecular complexity index is 63.1. The van der Waals surface area contributed by atoms with Crippen LogP contribution >= 0.6 is 10.0 Å². The van der Waals surface area contributed by atoms with Crippen molar-refractivity contribution in [2.75, 3.05) is 13.2 Å². The van der Waals surface area contributed by atoms with Gasteiger partial charge in [0, 0.05) is 13.2 Å². The van der Waals surface area contributed by atoms with Crippen LogP contribution in [-0.2, 0) is 7.58 Å². The molecule has 1 saturated heterocycles. The molecule has 0 aromatic carbocycles. The van der Waals surface area contributed by atoms with Gasteiger partial charge in [-0.25, -0.2) is 0 Å². The summed E-state index contributed by atoms with van der Waals surface area (Å²) in [5.41, 5.74) is 0. The molecule has 0 N–H and O–H groups in total. The van der Waals surface area contributed by atoms with Gasteiger partial charge in [-0.1, -0.05) is 0 Å². The second kappa shape index (κ2) is 3.71. The lowest BCUT2D eigenvalue weighted by molar-refractivity contribution is 0.254. The zero-order valence-corrected chi connectivity index (χ0v) is 6.51. The summed E-state index contributed by atoms with van der Waals surface area (Å²) in [6.45, 7) is 1.58. The van der Waals surface area contributed by atoms with Crippen LogP contribution in [0.2, 0.25) is 0 Å². The Morgan fingerprint density at radius 1 is 1.12 bits per heavy atom. The minimum absolute atomic E-state index is 0.792. The van der Waals surface area contributed by atoms with Crippen LogP contribution in [-0.4, -0.2) is 27.1 Å². The molecule has 1 rings (SSSR count). The quantitative estimate of drug-likeness (QED) is 0.481. The van der Waals surface area contributed by atoms with E-state index in [0.29, 0.717) is 0 Å². The average molecular weight is 151 g/mol. The Kier molecular flexibility index (Phi) is 3.18. The van der Waals surface area contributed by atoms with Gasteiger partial charge in [0.25, 0.3) is 0 Å². The van der Waals surface area contributed by atoms with E-state index in [9.17, 15) is 0 Å². The van der Waals surface area contributed by atoms with E-state index in [1.807, 2.05) is 0 Å². The minimum atomic E-state index is -1.67. The average Bonchev–Trinajstić information content (AvgIpc) is 1.94. The number of rotatable bonds is 0. The van der Waals surface area contributed by atoms with Crippen LogP contribution < -0.4 is 0 Å². The summed E-state index contributed by atoms with van der Waals surface area (Å²) < 4.78 is 10.2. The first-order valence-electron chi connectivity index (χ1n) is 2.77. The van der Waals surface area contributed by atoms with Crippen LogP contribution in [0.4, 0.5) is 0 Å². The highest BCUT2D eigenvalue weighted by Gasteiger charge is 2.23. The molecular formula is C4H8AlClO2. The Morgan fingerprint density at radius 3 is 2.12 bits per heavy atom. The minimum Gasteiger partial charge on any atom is -0.466 e. The van der Waals surface area contributed by atoms with E-state index in [1.165, 1.54) is 0 Å². The summed E-state index contributed by atoms with van der Waals surface area (Å²) in [5.74, 6) is 0. The van der Waals surface area contributed by atoms with E-state index in [2.05, 4.69) is 0 Å². The van der Waals surface area contributed by atoms with Crippen molar-refractivity contribution in [2.45, 2.75) is 12.8 Å². The summed E-state index contributed by atoms with van der Waals surface area (Å²) in [5, 5.41) is 0. The predicted octanol–water partition coefficient (Wildman–Crippen LogP) is 1.04. The highest BCUT2D eigenvalue weighted by atomic mass is 35.6. The van der Waals surface area contributed by atoms with Gasteiger partial charge in [-0.3, -0.25) is 0 Å². The molecule has 1 fully saturated rings. The van der Waals surface area contributed by atoms with Gasteiger partial charge >= 0.3 is 13.9 Å². The topological polar surface area (TPSA) is 18.5 Å². The lowest BCUT2D eigenvalue weighted by Gasteiger charge is -1.97. The largest absolute Gasteiger partial charge is 0.813 e. The van der Waals surface area contributed by atoms with Crippen molar-refractivity contribution >= 4 is 23.9 Å². The molecule has 1 aliphatic heterocycles. The molecule has 46 valence electrons. The monoisotopic (exact) mass is 150 g/mol. The normalized spacial score (nSPS) is 22.9. The van der Waals surface area contributed by atoms with E-state index in [1.54, 1.807) is 0 Å². The van der Waals surface area contributed by atoms with Crippen LogP contribution in [0.1, 0.15) is 12.8 Å². The molecule has 8 heavy (non-hydrogen) atoms. The van der Waals surface area contributed by atoms with Crippen molar-refractivity contribution in [3.8, 4) is 0 Å². The van der Waals surface area contributed by atoms with Crippen molar-refractivity contribution in [1.29, 1.82) is 0 Å². The van der Waals surface area contributed by atoms with Gasteiger partial charge in [-0.15, -0.1) is 0 Å². The molecule has 0 spiro atoms. The lowest BCUT2D eigenvalue weighted by atomic mass is 10.3. The summed E-state index contributed by atoms with van der Waals surface area (Å²) in [7, 11) is 5.62. The predicted molar refractivity (Wildman–Crippen MR) is 32.7 cm³/mol. The van der Waals surface area contributed by atoms with Gasteiger partial charge in [0.2, 0.25) is 0 Å². The van der Waals surface area contributed by atoms with Crippen LogP contribution in [0.25, 0.3) is 0 Å². The third-order valence-electron chi connectivity index (χ3n) is 1.04. The maximum Gasteiger partial charge on any atom is 0.813 e. The molecule has 1 aliphatic rings. The molecule has 0 aliphatic carbocycles. The molecule has 0 radical (unpaired) electrons. The number of halogens is 1. The zero-order chi connectivity index (χ0) is 5.82. The first kappa shape index (κ1) is 6.86. The summed E-state index contributed by atoms with van der Waals surface area (Å²) in [4.78, 5) is 0. The Balaban J connectivity index is 2.17. The fourth-order valence-corrected chi connectivity index (χ4v) is 1.94. The molecule has 0 aromatic heterocycles. The fourth-order valence-electron chi connectivity index (χ4n) is 0.604. The number of hydrogen-bond donors (Lipinski definition) is 0. The summed E-state index contributed by atoms with van der Waals surface area (Å²) in [6, 6.07) is 0. The van der Waals surface area contributed by atoms with Crippen molar-refractivity contribution in [1.82, 2.24) is 0 Å². The van der Waals surface area contributed by atoms with E-state index in [-0.39, 0.29) is 0 Å². The highest BCUT2D eigenvalue weighted by molar-refractivity contribution is 6.99. The van der Waals surface area contributed by atoms with Crippen molar-refractivity contribution in [3.63, 3.8) is 0 Å². The van der Waals surface area contributed by atoms with Crippen molar-refractivity contribution in [3.05, 3.63) is 0 Å². The molecule has 0 amide bonds. The van der Waals surface area contributed by atoms with E-state index >= 15 is 0 Å². The van der Waals surface area contributed by atoms with Crippen molar-refractivity contribution < 1.29 is 7.58 Å². The van der Waals surface area contributed by atoms with Gasteiger partial charge in [0.1, 0.15) is 0 Å². The first-order valence-corrected chi connectivity index (χ1v) is 5.46. The van der Waals surface area contributed by atoms with Gasteiger partial charge in [0.15, 0.2) is 0 Å². The summed E-state index contributed by atoms with van der Waals surface area (Å²) in [6.07, 6.45) is 2.19. The van der Waals surface area contributed by atoms with Crippen molar-refractivity contribution in [2.24, 2.45) is 0 Å². The second-order valence-corrected chi connectivity index (χ2v) is 4.01. The Morgan fingerprint density at radius 2 is 1.62 bits per heavy atom. The maximum atomic E-state index is 5.62. The van der Waals surface area contributed by atoms with Gasteiger partial charge in [-0.05, 0) is 12.8 Å². The van der Waals surface area contributed by atoms with E-state index < -0.39 is 13.9 Å². The molecular weight excluding hydrogens is 142 g/mol. The molecule has 0 unspecified atom stereocenters. The molecule has 4 heteroatoms. The highest BCUT2D eigenvalue weighted by Crippen LogP contribution is 2.04. The maximum absolute atomic E-state index is 5.62. The Hall–Kier alpha value is 0.742. The summed E-state index contributed by atoms with van der Waals surface area (Å²) >= 11 is -1.67. The standard InChI is InChI=1S/C4H8O2.Al.ClH/c5-3-1-2-4-6;;/h1-4H2;;1H/q-2;+3;/p-1. The van der Waals surface area contributed by atoms with Crippen LogP contribution in [0.5, 0.6) is 0 Å². The SMILES string of the molecule is [Cl][Al]1[O]CCCC[O]1. The molecule has 0 atom stereocenters. The Labute approximate surface area is 58.0 Å². The van der Waals surface area contributed by atoms with Crippen LogP contribution in [0.3, 0.4) is 0 Å². The first-order chi connectivity index (χ1) is 3.89. The zero-order valence-electron chi connectivity index (χ0n) is 4.60. The van der Waals surface area contributed by atoms with Gasteiger partial charge < -0.3 is 7.58 Å². The number of hydrogen-bond acceptors (Lipinski definition) is 2. The van der Waals surface area contributed by atoms with E-state index in [4.69, 9.17) is 17.6 Å². The molecule has 0 saturated carbocycles. The second-order valence-electron chi connectivity index (χ2n) is 1.72. The molecule has 1 heterocycles. The van der Waals surface area contributed by atoms with Crippen LogP contribution in [0, 0.1) is 0 Å². The molecule has 0 aromatic rings. The van der Waals surface area contributed by atoms with Crippen LogP contribution in [0.15, 0.2) is 0 Å². The van der Waals surface area contributed by atoms with E-state index in [0.717, 1.165) is 26.1 Å². The molecule has 2 nitrogen and oxygen atoms in total. The smallest absolute Gasteiger partial charge is 0.466 e. The lowest BCUT2D eigenvalue weighted by Crippen LogP contribution is -2.12. The third-order valence-corrected chi connectivity index (χ3v) is 2.79. The fraction of sp³-hybridized carbons (Fsp3) is 1.00.